The van der Waals surface area contributed by atoms with Gasteiger partial charge in [-0.15, -0.1) is 0 Å². The normalized spacial score (nSPS) is 12.1. The Morgan fingerprint density at radius 1 is 1.12 bits per heavy atom. The van der Waals surface area contributed by atoms with Gasteiger partial charge in [0.2, 0.25) is 0 Å². The van der Waals surface area contributed by atoms with Crippen LogP contribution in [0.2, 0.25) is 0 Å². The van der Waals surface area contributed by atoms with E-state index in [0.717, 1.165) is 35.8 Å². The van der Waals surface area contributed by atoms with Crippen LogP contribution >= 0.6 is 0 Å². The molecule has 0 radical (unpaired) electrons. The molecule has 0 saturated heterocycles. The zero-order valence-electron chi connectivity index (χ0n) is 14.0. The van der Waals surface area contributed by atoms with Crippen molar-refractivity contribution in [2.75, 3.05) is 26.1 Å². The number of rotatable bonds is 7. The third-order valence-corrected chi connectivity index (χ3v) is 3.87. The first-order valence-electron chi connectivity index (χ1n) is 7.80. The van der Waals surface area contributed by atoms with Gasteiger partial charge in [-0.3, -0.25) is 0 Å². The number of hydrogen-bond donors (Lipinski definition) is 2. The summed E-state index contributed by atoms with van der Waals surface area (Å²) in [6.07, 6.45) is 4.06. The van der Waals surface area contributed by atoms with Gasteiger partial charge < -0.3 is 19.8 Å². The molecule has 2 aromatic heterocycles. The number of ether oxygens (including phenoxy) is 2. The number of nitrogens with one attached hydrogen (secondary N) is 2. The maximum absolute atomic E-state index is 5.36. The van der Waals surface area contributed by atoms with E-state index in [-0.39, 0.29) is 0 Å². The smallest absolute Gasteiger partial charge is 0.182 e. The zero-order chi connectivity index (χ0) is 16.9. The molecule has 0 saturated carbocycles. The molecule has 0 fully saturated rings. The van der Waals surface area contributed by atoms with Crippen LogP contribution < -0.4 is 14.8 Å². The van der Waals surface area contributed by atoms with E-state index < -0.39 is 0 Å². The molecule has 7 nitrogen and oxygen atoms in total. The summed E-state index contributed by atoms with van der Waals surface area (Å²) in [6, 6.07) is 6.02. The Labute approximate surface area is 140 Å². The van der Waals surface area contributed by atoms with Crippen LogP contribution in [0.15, 0.2) is 30.9 Å². The van der Waals surface area contributed by atoms with Gasteiger partial charge in [0.25, 0.3) is 0 Å². The highest BCUT2D eigenvalue weighted by Gasteiger charge is 2.10. The van der Waals surface area contributed by atoms with Gasteiger partial charge in [0.1, 0.15) is 11.8 Å². The molecule has 24 heavy (non-hydrogen) atoms. The quantitative estimate of drug-likeness (QED) is 0.694. The second-order valence-corrected chi connectivity index (χ2v) is 5.70. The van der Waals surface area contributed by atoms with E-state index in [2.05, 4.69) is 38.2 Å². The standard InChI is InChI=1S/C17H21N5O2/c1-11(6-12-4-5-13(23-2)14(7-12)24-3)8-18-16-15-17(20-9-19-15)22-10-21-16/h4-5,7,9-11H,6,8H2,1-3H3,(H2,18,19,20,21,22). The van der Waals surface area contributed by atoms with E-state index in [1.54, 1.807) is 20.5 Å². The van der Waals surface area contributed by atoms with Gasteiger partial charge >= 0.3 is 0 Å². The zero-order valence-corrected chi connectivity index (χ0v) is 14.0. The van der Waals surface area contributed by atoms with Crippen molar-refractivity contribution < 1.29 is 9.47 Å². The number of imidazole rings is 1. The summed E-state index contributed by atoms with van der Waals surface area (Å²) in [4.78, 5) is 15.6. The molecule has 1 aromatic carbocycles. The van der Waals surface area contributed by atoms with Gasteiger partial charge in [-0.2, -0.15) is 0 Å². The summed E-state index contributed by atoms with van der Waals surface area (Å²) in [7, 11) is 3.29. The number of benzene rings is 1. The lowest BCUT2D eigenvalue weighted by molar-refractivity contribution is 0.354. The van der Waals surface area contributed by atoms with Crippen molar-refractivity contribution in [2.24, 2.45) is 5.92 Å². The average Bonchev–Trinajstić information content (AvgIpc) is 3.09. The van der Waals surface area contributed by atoms with Crippen molar-refractivity contribution in [3.8, 4) is 11.5 Å². The molecule has 0 aliphatic heterocycles. The number of aromatic amines is 1. The van der Waals surface area contributed by atoms with Crippen LogP contribution in [0.5, 0.6) is 11.5 Å². The molecule has 3 aromatic rings. The molecular weight excluding hydrogens is 306 g/mol. The first-order valence-corrected chi connectivity index (χ1v) is 7.80. The van der Waals surface area contributed by atoms with Crippen molar-refractivity contribution in [2.45, 2.75) is 13.3 Å². The molecule has 1 unspecified atom stereocenters. The highest BCUT2D eigenvalue weighted by molar-refractivity contribution is 5.81. The fourth-order valence-corrected chi connectivity index (χ4v) is 2.65. The third kappa shape index (κ3) is 3.40. The largest absolute Gasteiger partial charge is 0.493 e. The summed E-state index contributed by atoms with van der Waals surface area (Å²) in [5.74, 6) is 2.69. The van der Waals surface area contributed by atoms with E-state index in [1.165, 1.54) is 11.9 Å². The minimum atomic E-state index is 0.413. The molecule has 2 heterocycles. The fraction of sp³-hybridized carbons (Fsp3) is 0.353. The van der Waals surface area contributed by atoms with Crippen LogP contribution in [0, 0.1) is 5.92 Å². The number of methoxy groups -OCH3 is 2. The van der Waals surface area contributed by atoms with Crippen LogP contribution in [0.25, 0.3) is 11.2 Å². The lowest BCUT2D eigenvalue weighted by Crippen LogP contribution is -2.14. The lowest BCUT2D eigenvalue weighted by Gasteiger charge is -2.15. The molecule has 3 rings (SSSR count). The second kappa shape index (κ2) is 7.16. The van der Waals surface area contributed by atoms with E-state index >= 15 is 0 Å². The Hall–Kier alpha value is -2.83. The molecule has 0 amide bonds. The maximum atomic E-state index is 5.36. The summed E-state index contributed by atoms with van der Waals surface area (Å²) in [5, 5.41) is 3.37. The van der Waals surface area contributed by atoms with E-state index in [4.69, 9.17) is 9.47 Å². The molecule has 0 bridgehead atoms. The molecule has 1 atom stereocenters. The molecule has 0 aliphatic rings. The highest BCUT2D eigenvalue weighted by atomic mass is 16.5. The minimum absolute atomic E-state index is 0.413. The summed E-state index contributed by atoms with van der Waals surface area (Å²) < 4.78 is 10.6. The first kappa shape index (κ1) is 16.0. The van der Waals surface area contributed by atoms with Crippen molar-refractivity contribution in [3.63, 3.8) is 0 Å². The first-order chi connectivity index (χ1) is 11.7. The Morgan fingerprint density at radius 2 is 1.96 bits per heavy atom. The number of nitrogens with zero attached hydrogens (tertiary/aromatic N) is 3. The summed E-state index contributed by atoms with van der Waals surface area (Å²) >= 11 is 0. The number of hydrogen-bond acceptors (Lipinski definition) is 6. The van der Waals surface area contributed by atoms with E-state index in [0.29, 0.717) is 11.6 Å². The SMILES string of the molecule is COc1ccc(CC(C)CNc2ncnc3nc[nH]c23)cc1OC. The lowest BCUT2D eigenvalue weighted by atomic mass is 10.0. The van der Waals surface area contributed by atoms with Crippen molar-refractivity contribution >= 4 is 17.0 Å². The fourth-order valence-electron chi connectivity index (χ4n) is 2.65. The van der Waals surface area contributed by atoms with Gasteiger partial charge in [0, 0.05) is 6.54 Å². The monoisotopic (exact) mass is 327 g/mol. The average molecular weight is 327 g/mol. The van der Waals surface area contributed by atoms with Gasteiger partial charge in [-0.1, -0.05) is 13.0 Å². The molecule has 7 heteroatoms. The minimum Gasteiger partial charge on any atom is -0.493 e. The Kier molecular flexibility index (Phi) is 4.79. The predicted molar refractivity (Wildman–Crippen MR) is 92.6 cm³/mol. The van der Waals surface area contributed by atoms with Gasteiger partial charge in [-0.25, -0.2) is 15.0 Å². The van der Waals surface area contributed by atoms with Crippen molar-refractivity contribution in [3.05, 3.63) is 36.4 Å². The Bertz CT molecular complexity index is 818. The number of fused-ring (bicyclic) bond motifs is 1. The van der Waals surface area contributed by atoms with Crippen molar-refractivity contribution in [1.82, 2.24) is 19.9 Å². The van der Waals surface area contributed by atoms with E-state index in [1.807, 2.05) is 12.1 Å². The van der Waals surface area contributed by atoms with Crippen LogP contribution in [-0.2, 0) is 6.42 Å². The number of aromatic nitrogens is 4. The highest BCUT2D eigenvalue weighted by Crippen LogP contribution is 2.28. The second-order valence-electron chi connectivity index (χ2n) is 5.70. The van der Waals surface area contributed by atoms with Crippen LogP contribution in [0.3, 0.4) is 0 Å². The molecule has 0 aliphatic carbocycles. The Morgan fingerprint density at radius 3 is 2.75 bits per heavy atom. The molecule has 0 spiro atoms. The molecule has 126 valence electrons. The van der Waals surface area contributed by atoms with Crippen LogP contribution in [0.1, 0.15) is 12.5 Å². The number of anilines is 1. The van der Waals surface area contributed by atoms with Gasteiger partial charge in [-0.05, 0) is 30.0 Å². The maximum Gasteiger partial charge on any atom is 0.182 e. The van der Waals surface area contributed by atoms with Gasteiger partial charge in [0.15, 0.2) is 23.0 Å². The van der Waals surface area contributed by atoms with Gasteiger partial charge in [0.05, 0.1) is 20.5 Å². The Balaban J connectivity index is 1.63. The third-order valence-electron chi connectivity index (χ3n) is 3.87. The van der Waals surface area contributed by atoms with Crippen LogP contribution in [-0.4, -0.2) is 40.7 Å². The number of H-pyrrole nitrogens is 1. The van der Waals surface area contributed by atoms with E-state index in [9.17, 15) is 0 Å². The summed E-state index contributed by atoms with van der Waals surface area (Å²) in [5.41, 5.74) is 2.70. The van der Waals surface area contributed by atoms with Crippen molar-refractivity contribution in [1.29, 1.82) is 0 Å². The summed E-state index contributed by atoms with van der Waals surface area (Å²) in [6.45, 7) is 2.98. The molecule has 2 N–H and O–H groups in total. The topological polar surface area (TPSA) is 85.0 Å². The molecular formula is C17H21N5O2. The predicted octanol–water partition coefficient (Wildman–Crippen LogP) is 2.66. The van der Waals surface area contributed by atoms with Crippen LogP contribution in [0.4, 0.5) is 5.82 Å².